The zero-order valence-corrected chi connectivity index (χ0v) is 15.5. The molecule has 0 amide bonds. The van der Waals surface area contributed by atoms with Crippen LogP contribution in [-0.4, -0.2) is 43.5 Å². The van der Waals surface area contributed by atoms with Crippen LogP contribution >= 0.6 is 0 Å². The summed E-state index contributed by atoms with van der Waals surface area (Å²) in [7, 11) is 0. The van der Waals surface area contributed by atoms with Gasteiger partial charge < -0.3 is 19.5 Å². The molecule has 0 unspecified atom stereocenters. The highest BCUT2D eigenvalue weighted by atomic mass is 19.4. The van der Waals surface area contributed by atoms with Crippen LogP contribution in [0.25, 0.3) is 11.5 Å². The lowest BCUT2D eigenvalue weighted by Crippen LogP contribution is -2.40. The van der Waals surface area contributed by atoms with E-state index < -0.39 is 29.0 Å². The van der Waals surface area contributed by atoms with Gasteiger partial charge in [-0.2, -0.15) is 13.2 Å². The number of rotatable bonds is 5. The number of hydrogen-bond donors (Lipinski definition) is 2. The number of aliphatic hydroxyl groups is 2. The van der Waals surface area contributed by atoms with Crippen molar-refractivity contribution >= 4 is 0 Å². The molecule has 7 nitrogen and oxygen atoms in total. The summed E-state index contributed by atoms with van der Waals surface area (Å²) in [6.45, 7) is 6.21. The Balaban J connectivity index is 1.93. The minimum Gasteiger partial charge on any atom is -0.476 e. The zero-order valence-electron chi connectivity index (χ0n) is 15.5. The molecule has 0 aromatic carbocycles. The van der Waals surface area contributed by atoms with Gasteiger partial charge in [-0.05, 0) is 20.8 Å². The summed E-state index contributed by atoms with van der Waals surface area (Å²) in [5, 5.41) is 27.5. The van der Waals surface area contributed by atoms with E-state index in [0.29, 0.717) is 25.6 Å². The highest BCUT2D eigenvalue weighted by molar-refractivity contribution is 5.63. The van der Waals surface area contributed by atoms with Crippen molar-refractivity contribution in [2.24, 2.45) is 0 Å². The number of hydrogen-bond acceptors (Lipinski definition) is 6. The number of aromatic nitrogens is 3. The monoisotopic (exact) mass is 389 g/mol. The molecule has 10 heteroatoms. The van der Waals surface area contributed by atoms with E-state index in [2.05, 4.69) is 10.3 Å². The van der Waals surface area contributed by atoms with Crippen molar-refractivity contribution in [1.82, 2.24) is 14.9 Å². The molecular weight excluding hydrogens is 367 g/mol. The van der Waals surface area contributed by atoms with Gasteiger partial charge in [0.1, 0.15) is 11.4 Å². The van der Waals surface area contributed by atoms with Gasteiger partial charge in [0.25, 0.3) is 0 Å². The average Bonchev–Trinajstić information content (AvgIpc) is 3.08. The second-order valence-electron chi connectivity index (χ2n) is 7.71. The molecule has 0 radical (unpaired) electrons. The minimum absolute atomic E-state index is 0.137. The molecule has 3 heterocycles. The smallest absolute Gasteiger partial charge is 0.422 e. The molecule has 2 atom stereocenters. The van der Waals surface area contributed by atoms with Crippen LogP contribution in [0.15, 0.2) is 10.6 Å². The molecule has 0 fully saturated rings. The fraction of sp³-hybridized carbons (Fsp3) is 0.647. The average molecular weight is 389 g/mol. The number of nitrogens with zero attached hydrogens (tertiary/aromatic N) is 3. The molecule has 0 saturated carbocycles. The van der Waals surface area contributed by atoms with Crippen molar-refractivity contribution in [2.45, 2.75) is 64.0 Å². The van der Waals surface area contributed by atoms with Crippen LogP contribution in [0.5, 0.6) is 5.88 Å². The Morgan fingerprint density at radius 1 is 1.30 bits per heavy atom. The van der Waals surface area contributed by atoms with Crippen LogP contribution in [0.2, 0.25) is 0 Å². The molecule has 3 rings (SSSR count). The maximum Gasteiger partial charge on any atom is 0.422 e. The van der Waals surface area contributed by atoms with Crippen molar-refractivity contribution < 1.29 is 32.6 Å². The molecule has 0 saturated heterocycles. The summed E-state index contributed by atoms with van der Waals surface area (Å²) in [6, 6.07) is 1.55. The molecule has 2 aromatic rings. The van der Waals surface area contributed by atoms with Crippen molar-refractivity contribution in [3.05, 3.63) is 17.3 Å². The van der Waals surface area contributed by atoms with Crippen LogP contribution in [-0.2, 0) is 12.1 Å². The normalized spacial score (nSPS) is 19.4. The van der Waals surface area contributed by atoms with Gasteiger partial charge in [0.05, 0.1) is 12.2 Å². The van der Waals surface area contributed by atoms with Crippen LogP contribution in [0.3, 0.4) is 0 Å². The van der Waals surface area contributed by atoms with E-state index in [1.54, 1.807) is 31.5 Å². The second kappa shape index (κ2) is 6.23. The molecular formula is C17H22F3N3O4. The van der Waals surface area contributed by atoms with Gasteiger partial charge in [0.15, 0.2) is 5.76 Å². The van der Waals surface area contributed by atoms with E-state index in [0.717, 1.165) is 0 Å². The summed E-state index contributed by atoms with van der Waals surface area (Å²) >= 11 is 0. The lowest BCUT2D eigenvalue weighted by molar-refractivity contribution is -0.261. The predicted molar refractivity (Wildman–Crippen MR) is 88.2 cm³/mol. The van der Waals surface area contributed by atoms with Crippen LogP contribution in [0, 0.1) is 0 Å². The van der Waals surface area contributed by atoms with Crippen LogP contribution in [0.4, 0.5) is 13.2 Å². The van der Waals surface area contributed by atoms with E-state index in [1.807, 2.05) is 0 Å². The third kappa shape index (κ3) is 3.55. The van der Waals surface area contributed by atoms with Gasteiger partial charge in [0.2, 0.25) is 11.5 Å². The summed E-state index contributed by atoms with van der Waals surface area (Å²) in [4.78, 5) is 0. The van der Waals surface area contributed by atoms with Crippen LogP contribution < -0.4 is 4.74 Å². The van der Waals surface area contributed by atoms with Crippen molar-refractivity contribution in [1.29, 1.82) is 0 Å². The molecule has 1 aliphatic rings. The van der Waals surface area contributed by atoms with Gasteiger partial charge in [-0.1, -0.05) is 12.1 Å². The van der Waals surface area contributed by atoms with Crippen molar-refractivity contribution in [2.75, 3.05) is 6.61 Å². The molecule has 0 aliphatic carbocycles. The molecule has 2 aromatic heterocycles. The number of halogens is 3. The first kappa shape index (κ1) is 19.7. The highest BCUT2D eigenvalue weighted by Gasteiger charge is 2.55. The number of fused-ring (bicyclic) bond motifs is 3. The highest BCUT2D eigenvalue weighted by Crippen LogP contribution is 2.46. The Morgan fingerprint density at radius 3 is 2.56 bits per heavy atom. The third-order valence-corrected chi connectivity index (χ3v) is 4.63. The largest absolute Gasteiger partial charge is 0.476 e. The molecule has 150 valence electrons. The molecule has 0 spiro atoms. The third-order valence-electron chi connectivity index (χ3n) is 4.63. The second-order valence-corrected chi connectivity index (χ2v) is 7.71. The fourth-order valence-corrected chi connectivity index (χ4v) is 2.97. The van der Waals surface area contributed by atoms with Gasteiger partial charge in [0, 0.05) is 30.5 Å². The van der Waals surface area contributed by atoms with Gasteiger partial charge in [-0.3, -0.25) is 4.68 Å². The van der Waals surface area contributed by atoms with Crippen LogP contribution in [0.1, 0.15) is 51.3 Å². The van der Waals surface area contributed by atoms with Crippen molar-refractivity contribution in [3.8, 4) is 17.3 Å². The van der Waals surface area contributed by atoms with E-state index in [4.69, 9.17) is 9.26 Å². The Morgan fingerprint density at radius 2 is 1.96 bits per heavy atom. The lowest BCUT2D eigenvalue weighted by Gasteiger charge is -2.27. The minimum atomic E-state index is -4.89. The molecule has 27 heavy (non-hydrogen) atoms. The quantitative estimate of drug-likeness (QED) is 0.817. The van der Waals surface area contributed by atoms with E-state index >= 15 is 0 Å². The Labute approximate surface area is 153 Å². The van der Waals surface area contributed by atoms with E-state index in [-0.39, 0.29) is 23.8 Å². The van der Waals surface area contributed by atoms with Crippen molar-refractivity contribution in [3.63, 3.8) is 0 Å². The first-order valence-corrected chi connectivity index (χ1v) is 8.54. The first-order valence-electron chi connectivity index (χ1n) is 8.54. The standard InChI is InChI=1S/C17H22F3N3O4/c1-9-8-23-10(7-11(21-23)26-6-5-15(2,3)24)13-12(9)14(22-27-13)16(4,25)17(18,19)20/h7,9,24-25H,5-6,8H2,1-4H3/t9-,16+/m1/s1. The van der Waals surface area contributed by atoms with E-state index in [1.165, 1.54) is 0 Å². The topological polar surface area (TPSA) is 93.5 Å². The Hall–Kier alpha value is -2.07. The number of alkyl halides is 3. The van der Waals surface area contributed by atoms with Gasteiger partial charge in [-0.15, -0.1) is 5.10 Å². The Bertz CT molecular complexity index is 834. The fourth-order valence-electron chi connectivity index (χ4n) is 2.97. The lowest BCUT2D eigenvalue weighted by atomic mass is 9.88. The summed E-state index contributed by atoms with van der Waals surface area (Å²) in [6.07, 6.45) is -4.50. The SMILES string of the molecule is C[C@@H]1Cn2nc(OCCC(C)(C)O)cc2-c2onc([C@](C)(O)C(F)(F)F)c21. The summed E-state index contributed by atoms with van der Waals surface area (Å²) in [5.41, 5.74) is -3.89. The molecule has 2 N–H and O–H groups in total. The summed E-state index contributed by atoms with van der Waals surface area (Å²) in [5.74, 6) is 0.0136. The molecule has 0 bridgehead atoms. The first-order chi connectivity index (χ1) is 12.3. The Kier molecular flexibility index (Phi) is 4.54. The van der Waals surface area contributed by atoms with Gasteiger partial charge >= 0.3 is 6.18 Å². The maximum absolute atomic E-state index is 13.2. The predicted octanol–water partition coefficient (Wildman–Crippen LogP) is 2.96. The van der Waals surface area contributed by atoms with E-state index in [9.17, 15) is 23.4 Å². The molecule has 1 aliphatic heterocycles. The van der Waals surface area contributed by atoms with Gasteiger partial charge in [-0.25, -0.2) is 0 Å². The maximum atomic E-state index is 13.2. The zero-order chi connectivity index (χ0) is 20.2. The summed E-state index contributed by atoms with van der Waals surface area (Å²) < 4.78 is 52.0. The number of ether oxygens (including phenoxy) is 1.